The van der Waals surface area contributed by atoms with E-state index in [2.05, 4.69) is 0 Å². The van der Waals surface area contributed by atoms with Crippen LogP contribution < -0.4 is 0 Å². The van der Waals surface area contributed by atoms with Gasteiger partial charge < -0.3 is 4.57 Å². The van der Waals surface area contributed by atoms with Crippen molar-refractivity contribution < 1.29 is 9.18 Å². The fraction of sp³-hybridized carbons (Fsp3) is 0.118. The van der Waals surface area contributed by atoms with Crippen LogP contribution in [0.2, 0.25) is 5.15 Å². The zero-order valence-electron chi connectivity index (χ0n) is 11.4. The van der Waals surface area contributed by atoms with Crippen LogP contribution in [0.4, 0.5) is 4.39 Å². The van der Waals surface area contributed by atoms with Crippen molar-refractivity contribution in [2.45, 2.75) is 13.5 Å². The first-order valence-corrected chi connectivity index (χ1v) is 6.96. The van der Waals surface area contributed by atoms with Crippen molar-refractivity contribution in [3.63, 3.8) is 0 Å². The first kappa shape index (κ1) is 13.8. The summed E-state index contributed by atoms with van der Waals surface area (Å²) in [5.74, 6) is -0.380. The monoisotopic (exact) mass is 301 g/mol. The third-order valence-corrected chi connectivity index (χ3v) is 3.99. The molecule has 0 N–H and O–H groups in total. The predicted octanol–water partition coefficient (Wildman–Crippen LogP) is 4.60. The molecule has 3 rings (SSSR count). The van der Waals surface area contributed by atoms with E-state index in [-0.39, 0.29) is 11.0 Å². The van der Waals surface area contributed by atoms with Crippen molar-refractivity contribution in [2.24, 2.45) is 0 Å². The number of aldehydes is 1. The SMILES string of the molecule is Cc1ccc(Cn2c(Cl)c(C=O)c3cccc(F)c32)cc1. The molecule has 21 heavy (non-hydrogen) atoms. The maximum Gasteiger partial charge on any atom is 0.153 e. The van der Waals surface area contributed by atoms with E-state index < -0.39 is 0 Å². The predicted molar refractivity (Wildman–Crippen MR) is 82.6 cm³/mol. The van der Waals surface area contributed by atoms with Crippen LogP contribution in [0.5, 0.6) is 0 Å². The summed E-state index contributed by atoms with van der Waals surface area (Å²) in [6, 6.07) is 12.6. The van der Waals surface area contributed by atoms with Crippen molar-refractivity contribution in [1.29, 1.82) is 0 Å². The standard InChI is InChI=1S/C17H13ClFNO/c1-11-5-7-12(8-6-11)9-20-16-13(3-2-4-15(16)19)14(10-21)17(20)18/h2-8,10H,9H2,1H3. The van der Waals surface area contributed by atoms with E-state index in [4.69, 9.17) is 11.6 Å². The number of aromatic nitrogens is 1. The average molecular weight is 302 g/mol. The van der Waals surface area contributed by atoms with Gasteiger partial charge in [-0.3, -0.25) is 4.79 Å². The minimum absolute atomic E-state index is 0.269. The molecule has 1 aromatic heterocycles. The number of rotatable bonds is 3. The van der Waals surface area contributed by atoms with Gasteiger partial charge in [0, 0.05) is 11.9 Å². The van der Waals surface area contributed by atoms with Gasteiger partial charge in [0.05, 0.1) is 11.1 Å². The molecule has 0 bridgehead atoms. The molecule has 0 aliphatic heterocycles. The Labute approximate surface area is 126 Å². The van der Waals surface area contributed by atoms with Gasteiger partial charge in [-0.25, -0.2) is 4.39 Å². The van der Waals surface area contributed by atoms with E-state index >= 15 is 0 Å². The summed E-state index contributed by atoms with van der Waals surface area (Å²) in [7, 11) is 0. The summed E-state index contributed by atoms with van der Waals surface area (Å²) in [5, 5.41) is 0.813. The second kappa shape index (κ2) is 5.34. The molecule has 0 aliphatic rings. The van der Waals surface area contributed by atoms with Crippen molar-refractivity contribution in [3.8, 4) is 0 Å². The molecule has 0 fully saturated rings. The van der Waals surface area contributed by atoms with E-state index in [0.717, 1.165) is 11.1 Å². The topological polar surface area (TPSA) is 22.0 Å². The van der Waals surface area contributed by atoms with Crippen LogP contribution in [0.15, 0.2) is 42.5 Å². The molecule has 2 nitrogen and oxygen atoms in total. The van der Waals surface area contributed by atoms with E-state index in [1.54, 1.807) is 16.7 Å². The van der Waals surface area contributed by atoms with Crippen LogP contribution in [-0.2, 0) is 6.54 Å². The summed E-state index contributed by atoms with van der Waals surface area (Å²) in [4.78, 5) is 11.2. The Hall–Kier alpha value is -2.13. The maximum absolute atomic E-state index is 14.1. The molecular weight excluding hydrogens is 289 g/mol. The van der Waals surface area contributed by atoms with Gasteiger partial charge in [-0.05, 0) is 18.6 Å². The van der Waals surface area contributed by atoms with Crippen molar-refractivity contribution in [1.82, 2.24) is 4.57 Å². The smallest absolute Gasteiger partial charge is 0.153 e. The van der Waals surface area contributed by atoms with E-state index in [1.807, 2.05) is 31.2 Å². The lowest BCUT2D eigenvalue weighted by Crippen LogP contribution is -2.01. The number of carbonyl (C=O) groups excluding carboxylic acids is 1. The first-order chi connectivity index (χ1) is 10.1. The highest BCUT2D eigenvalue weighted by Crippen LogP contribution is 2.31. The Morgan fingerprint density at radius 3 is 2.57 bits per heavy atom. The molecule has 2 aromatic carbocycles. The van der Waals surface area contributed by atoms with Gasteiger partial charge in [0.1, 0.15) is 11.0 Å². The van der Waals surface area contributed by atoms with Crippen LogP contribution in [0, 0.1) is 12.7 Å². The minimum atomic E-state index is -0.380. The molecule has 0 aliphatic carbocycles. The van der Waals surface area contributed by atoms with E-state index in [9.17, 15) is 9.18 Å². The zero-order chi connectivity index (χ0) is 15.0. The highest BCUT2D eigenvalue weighted by molar-refractivity contribution is 6.34. The van der Waals surface area contributed by atoms with E-state index in [1.165, 1.54) is 6.07 Å². The molecule has 0 atom stereocenters. The molecule has 1 heterocycles. The Kier molecular flexibility index (Phi) is 3.52. The molecule has 0 saturated carbocycles. The summed E-state index contributed by atoms with van der Waals surface area (Å²) in [6.45, 7) is 2.43. The van der Waals surface area contributed by atoms with Crippen LogP contribution in [0.1, 0.15) is 21.5 Å². The van der Waals surface area contributed by atoms with Gasteiger partial charge in [0.15, 0.2) is 6.29 Å². The van der Waals surface area contributed by atoms with Gasteiger partial charge in [-0.1, -0.05) is 53.6 Å². The molecule has 106 valence electrons. The molecular formula is C17H13ClFNO. The number of benzene rings is 2. The molecule has 4 heteroatoms. The first-order valence-electron chi connectivity index (χ1n) is 6.58. The number of para-hydroxylation sites is 1. The highest BCUT2D eigenvalue weighted by Gasteiger charge is 2.18. The van der Waals surface area contributed by atoms with Gasteiger partial charge in [-0.15, -0.1) is 0 Å². The minimum Gasteiger partial charge on any atom is -0.324 e. The lowest BCUT2D eigenvalue weighted by atomic mass is 10.1. The van der Waals surface area contributed by atoms with Crippen LogP contribution in [0.3, 0.4) is 0 Å². The Balaban J connectivity index is 2.19. The normalized spacial score (nSPS) is 11.0. The van der Waals surface area contributed by atoms with Gasteiger partial charge in [0.25, 0.3) is 0 Å². The van der Waals surface area contributed by atoms with Crippen LogP contribution in [0.25, 0.3) is 10.9 Å². The molecule has 0 spiro atoms. The molecule has 0 radical (unpaired) electrons. The number of carbonyl (C=O) groups is 1. The summed E-state index contributed by atoms with van der Waals surface area (Å²) < 4.78 is 15.8. The number of hydrogen-bond acceptors (Lipinski definition) is 1. The zero-order valence-corrected chi connectivity index (χ0v) is 12.2. The van der Waals surface area contributed by atoms with Crippen molar-refractivity contribution in [3.05, 3.63) is 70.1 Å². The largest absolute Gasteiger partial charge is 0.324 e. The number of fused-ring (bicyclic) bond motifs is 1. The summed E-state index contributed by atoms with van der Waals surface area (Å²) in [6.07, 6.45) is 0.676. The molecule has 0 saturated heterocycles. The van der Waals surface area contributed by atoms with Crippen molar-refractivity contribution >= 4 is 28.8 Å². The van der Waals surface area contributed by atoms with Crippen LogP contribution >= 0.6 is 11.6 Å². The number of nitrogens with zero attached hydrogens (tertiary/aromatic N) is 1. The highest BCUT2D eigenvalue weighted by atomic mass is 35.5. The summed E-state index contributed by atoms with van der Waals surface area (Å²) in [5.41, 5.74) is 2.85. The third kappa shape index (κ3) is 2.34. The second-order valence-corrected chi connectivity index (χ2v) is 5.39. The Morgan fingerprint density at radius 2 is 1.90 bits per heavy atom. The lowest BCUT2D eigenvalue weighted by Gasteiger charge is -2.08. The summed E-state index contributed by atoms with van der Waals surface area (Å²) >= 11 is 6.27. The lowest BCUT2D eigenvalue weighted by molar-refractivity contribution is 0.112. The van der Waals surface area contributed by atoms with Crippen LogP contribution in [-0.4, -0.2) is 10.9 Å². The third-order valence-electron chi connectivity index (χ3n) is 3.59. The number of aryl methyl sites for hydroxylation is 1. The molecule has 3 aromatic rings. The van der Waals surface area contributed by atoms with Gasteiger partial charge >= 0.3 is 0 Å². The van der Waals surface area contributed by atoms with Crippen molar-refractivity contribution in [2.75, 3.05) is 0 Å². The second-order valence-electron chi connectivity index (χ2n) is 5.03. The molecule has 0 amide bonds. The number of halogens is 2. The number of hydrogen-bond donors (Lipinski definition) is 0. The van der Waals surface area contributed by atoms with Gasteiger partial charge in [0.2, 0.25) is 0 Å². The van der Waals surface area contributed by atoms with Gasteiger partial charge in [-0.2, -0.15) is 0 Å². The molecule has 0 unspecified atom stereocenters. The average Bonchev–Trinajstić information content (AvgIpc) is 2.75. The Bertz CT molecular complexity index is 821. The quantitative estimate of drug-likeness (QED) is 0.648. The Morgan fingerprint density at radius 1 is 1.19 bits per heavy atom. The van der Waals surface area contributed by atoms with E-state index in [0.29, 0.717) is 29.3 Å². The maximum atomic E-state index is 14.1. The fourth-order valence-corrected chi connectivity index (χ4v) is 2.79. The fourth-order valence-electron chi connectivity index (χ4n) is 2.50.